The fraction of sp³-hybridized carbons (Fsp3) is 0.188. The van der Waals surface area contributed by atoms with E-state index in [1.165, 1.54) is 12.1 Å². The van der Waals surface area contributed by atoms with Gasteiger partial charge in [0.15, 0.2) is 0 Å². The lowest BCUT2D eigenvalue weighted by Gasteiger charge is -2.08. The first-order valence-corrected chi connectivity index (χ1v) is 6.45. The smallest absolute Gasteiger partial charge is 0.251 e. The zero-order chi connectivity index (χ0) is 14.5. The lowest BCUT2D eigenvalue weighted by Crippen LogP contribution is -2.26. The maximum absolute atomic E-state index is 13.5. The van der Waals surface area contributed by atoms with Crippen molar-refractivity contribution in [3.8, 4) is 0 Å². The molecule has 0 aliphatic rings. The molecule has 2 aromatic carbocycles. The van der Waals surface area contributed by atoms with Crippen molar-refractivity contribution in [2.45, 2.75) is 13.3 Å². The Hall–Kier alpha value is -2.36. The summed E-state index contributed by atoms with van der Waals surface area (Å²) in [5.41, 5.74) is 7.71. The van der Waals surface area contributed by atoms with E-state index in [1.807, 2.05) is 30.3 Å². The summed E-state index contributed by atoms with van der Waals surface area (Å²) in [5, 5.41) is 2.76. The van der Waals surface area contributed by atoms with Crippen LogP contribution in [0.3, 0.4) is 0 Å². The molecule has 4 heteroatoms. The van der Waals surface area contributed by atoms with E-state index in [2.05, 4.69) is 5.32 Å². The highest BCUT2D eigenvalue weighted by atomic mass is 19.1. The predicted molar refractivity (Wildman–Crippen MR) is 78.0 cm³/mol. The second-order valence-electron chi connectivity index (χ2n) is 4.66. The third-order valence-corrected chi connectivity index (χ3v) is 3.19. The van der Waals surface area contributed by atoms with Crippen LogP contribution >= 0.6 is 0 Å². The monoisotopic (exact) mass is 272 g/mol. The van der Waals surface area contributed by atoms with Crippen LogP contribution in [0.25, 0.3) is 0 Å². The minimum Gasteiger partial charge on any atom is -0.398 e. The zero-order valence-corrected chi connectivity index (χ0v) is 11.3. The maximum atomic E-state index is 13.5. The van der Waals surface area contributed by atoms with E-state index in [4.69, 9.17) is 5.73 Å². The number of nitrogens with two attached hydrogens (primary N) is 1. The number of benzene rings is 2. The molecule has 20 heavy (non-hydrogen) atoms. The number of hydrogen-bond acceptors (Lipinski definition) is 2. The Labute approximate surface area is 117 Å². The van der Waals surface area contributed by atoms with E-state index < -0.39 is 5.82 Å². The third-order valence-electron chi connectivity index (χ3n) is 3.19. The van der Waals surface area contributed by atoms with Crippen LogP contribution in [0.4, 0.5) is 10.1 Å². The summed E-state index contributed by atoms with van der Waals surface area (Å²) < 4.78 is 13.5. The van der Waals surface area contributed by atoms with Crippen LogP contribution in [0.5, 0.6) is 0 Å². The van der Waals surface area contributed by atoms with Gasteiger partial charge in [-0.2, -0.15) is 0 Å². The fourth-order valence-corrected chi connectivity index (χ4v) is 1.90. The van der Waals surface area contributed by atoms with Crippen molar-refractivity contribution in [2.75, 3.05) is 12.3 Å². The molecule has 0 atom stereocenters. The second-order valence-corrected chi connectivity index (χ2v) is 4.66. The van der Waals surface area contributed by atoms with Crippen LogP contribution < -0.4 is 11.1 Å². The normalized spacial score (nSPS) is 10.3. The standard InChI is InChI=1S/C16H17FN2O/c1-11-14(17)9-13(10-15(11)18)16(20)19-8-7-12-5-3-2-4-6-12/h2-6,9-10H,7-8,18H2,1H3,(H,19,20). The van der Waals surface area contributed by atoms with E-state index in [0.717, 1.165) is 12.0 Å². The molecule has 0 fully saturated rings. The lowest BCUT2D eigenvalue weighted by molar-refractivity contribution is 0.0953. The fourth-order valence-electron chi connectivity index (χ4n) is 1.90. The van der Waals surface area contributed by atoms with Crippen molar-refractivity contribution in [1.82, 2.24) is 5.32 Å². The molecule has 1 amide bonds. The van der Waals surface area contributed by atoms with Crippen molar-refractivity contribution >= 4 is 11.6 Å². The van der Waals surface area contributed by atoms with Crippen LogP contribution in [0.15, 0.2) is 42.5 Å². The summed E-state index contributed by atoms with van der Waals surface area (Å²) in [7, 11) is 0. The molecule has 2 rings (SSSR count). The molecule has 2 aromatic rings. The van der Waals surface area contributed by atoms with Crippen molar-refractivity contribution in [2.24, 2.45) is 0 Å². The Morgan fingerprint density at radius 1 is 1.25 bits per heavy atom. The van der Waals surface area contributed by atoms with Gasteiger partial charge in [0.25, 0.3) is 5.91 Å². The molecular weight excluding hydrogens is 255 g/mol. The molecule has 0 aromatic heterocycles. The molecule has 3 nitrogen and oxygen atoms in total. The summed E-state index contributed by atoms with van der Waals surface area (Å²) >= 11 is 0. The van der Waals surface area contributed by atoms with Crippen molar-refractivity contribution < 1.29 is 9.18 Å². The van der Waals surface area contributed by atoms with Crippen molar-refractivity contribution in [3.05, 3.63) is 65.0 Å². The lowest BCUT2D eigenvalue weighted by atomic mass is 10.1. The van der Waals surface area contributed by atoms with Crippen molar-refractivity contribution in [3.63, 3.8) is 0 Å². The van der Waals surface area contributed by atoms with Gasteiger partial charge in [-0.25, -0.2) is 4.39 Å². The SMILES string of the molecule is Cc1c(N)cc(C(=O)NCCc2ccccc2)cc1F. The molecule has 0 saturated carbocycles. The topological polar surface area (TPSA) is 55.1 Å². The molecule has 0 bridgehead atoms. The predicted octanol–water partition coefficient (Wildman–Crippen LogP) is 2.69. The quantitative estimate of drug-likeness (QED) is 0.841. The van der Waals surface area contributed by atoms with E-state index in [9.17, 15) is 9.18 Å². The van der Waals surface area contributed by atoms with E-state index >= 15 is 0 Å². The number of rotatable bonds is 4. The van der Waals surface area contributed by atoms with Crippen LogP contribution in [0.1, 0.15) is 21.5 Å². The molecule has 0 unspecified atom stereocenters. The first-order chi connectivity index (χ1) is 9.58. The van der Waals surface area contributed by atoms with Crippen LogP contribution in [0.2, 0.25) is 0 Å². The van der Waals surface area contributed by atoms with Gasteiger partial charge in [0.2, 0.25) is 0 Å². The van der Waals surface area contributed by atoms with Crippen molar-refractivity contribution in [1.29, 1.82) is 0 Å². The van der Waals surface area contributed by atoms with Crippen LogP contribution in [-0.4, -0.2) is 12.5 Å². The molecule has 0 radical (unpaired) electrons. The minimum absolute atomic E-state index is 0.249. The molecule has 0 aliphatic heterocycles. The van der Waals surface area contributed by atoms with E-state index in [1.54, 1.807) is 6.92 Å². The van der Waals surface area contributed by atoms with Gasteiger partial charge in [0.05, 0.1) is 0 Å². The first-order valence-electron chi connectivity index (χ1n) is 6.45. The first kappa shape index (κ1) is 14.1. The number of carbonyl (C=O) groups is 1. The average Bonchev–Trinajstić information content (AvgIpc) is 2.45. The summed E-state index contributed by atoms with van der Waals surface area (Å²) in [4.78, 5) is 11.9. The van der Waals surface area contributed by atoms with Gasteiger partial charge in [-0.1, -0.05) is 30.3 Å². The molecule has 3 N–H and O–H groups in total. The highest BCUT2D eigenvalue weighted by molar-refractivity contribution is 5.95. The van der Waals surface area contributed by atoms with Gasteiger partial charge in [-0.05, 0) is 31.0 Å². The highest BCUT2D eigenvalue weighted by Crippen LogP contribution is 2.17. The molecular formula is C16H17FN2O. The molecule has 0 heterocycles. The Bertz CT molecular complexity index is 588. The summed E-state index contributed by atoms with van der Waals surface area (Å²) in [6, 6.07) is 12.5. The number of hydrogen-bond donors (Lipinski definition) is 2. The second kappa shape index (κ2) is 6.19. The number of carbonyl (C=O) groups excluding carboxylic acids is 1. The van der Waals surface area contributed by atoms with Crippen LogP contribution in [0, 0.1) is 12.7 Å². The van der Waals surface area contributed by atoms with Gasteiger partial charge in [-0.3, -0.25) is 4.79 Å². The van der Waals surface area contributed by atoms with Gasteiger partial charge in [0, 0.05) is 23.4 Å². The summed E-state index contributed by atoms with van der Waals surface area (Å²) in [5.74, 6) is -0.773. The average molecular weight is 272 g/mol. The Kier molecular flexibility index (Phi) is 4.35. The number of amides is 1. The Morgan fingerprint density at radius 3 is 2.60 bits per heavy atom. The highest BCUT2D eigenvalue weighted by Gasteiger charge is 2.10. The summed E-state index contributed by atoms with van der Waals surface area (Å²) in [6.45, 7) is 2.08. The van der Waals surface area contributed by atoms with E-state index in [-0.39, 0.29) is 11.5 Å². The van der Waals surface area contributed by atoms with Gasteiger partial charge in [0.1, 0.15) is 5.82 Å². The molecule has 0 saturated heterocycles. The molecule has 0 aliphatic carbocycles. The molecule has 0 spiro atoms. The maximum Gasteiger partial charge on any atom is 0.251 e. The number of halogens is 1. The summed E-state index contributed by atoms with van der Waals surface area (Å²) in [6.07, 6.45) is 0.733. The number of anilines is 1. The van der Waals surface area contributed by atoms with Gasteiger partial charge in [-0.15, -0.1) is 0 Å². The number of nitrogen functional groups attached to an aromatic ring is 1. The Balaban J connectivity index is 1.95. The molecule has 104 valence electrons. The minimum atomic E-state index is -0.460. The van der Waals surface area contributed by atoms with E-state index in [0.29, 0.717) is 17.8 Å². The zero-order valence-electron chi connectivity index (χ0n) is 11.3. The largest absolute Gasteiger partial charge is 0.398 e. The van der Waals surface area contributed by atoms with Gasteiger partial charge >= 0.3 is 0 Å². The third kappa shape index (κ3) is 3.35. The Morgan fingerprint density at radius 2 is 1.95 bits per heavy atom. The number of nitrogens with one attached hydrogen (secondary N) is 1. The van der Waals surface area contributed by atoms with Gasteiger partial charge < -0.3 is 11.1 Å². The van der Waals surface area contributed by atoms with Crippen LogP contribution in [-0.2, 0) is 6.42 Å².